The fraction of sp³-hybridized carbons (Fsp3) is 0.353. The van der Waals surface area contributed by atoms with Gasteiger partial charge in [-0.05, 0) is 44.4 Å². The molecule has 0 saturated carbocycles. The summed E-state index contributed by atoms with van der Waals surface area (Å²) in [6, 6.07) is 6.34. The standard InChI is InChI=1S/C17H19N3/c1-5-13-10(3)9-12-7-8-15-17(16(12)19-13)20-14(6-2)11(4)18-15/h7-9H,5-6H2,1-4H3. The van der Waals surface area contributed by atoms with Crippen LogP contribution in [-0.2, 0) is 12.8 Å². The maximum Gasteiger partial charge on any atom is 0.115 e. The van der Waals surface area contributed by atoms with Crippen molar-refractivity contribution in [3.05, 3.63) is 40.8 Å². The van der Waals surface area contributed by atoms with Crippen LogP contribution in [0, 0.1) is 13.8 Å². The molecule has 2 aromatic heterocycles. The normalized spacial score (nSPS) is 11.4. The SMILES string of the molecule is CCc1nc2c(ccc3nc(C)c(CC)nc32)cc1C. The number of pyridine rings is 1. The molecule has 3 heteroatoms. The molecule has 3 aromatic rings. The molecule has 0 aliphatic carbocycles. The van der Waals surface area contributed by atoms with Crippen LogP contribution in [0.3, 0.4) is 0 Å². The van der Waals surface area contributed by atoms with Crippen molar-refractivity contribution in [2.24, 2.45) is 0 Å². The van der Waals surface area contributed by atoms with Gasteiger partial charge in [0.25, 0.3) is 0 Å². The minimum Gasteiger partial charge on any atom is -0.250 e. The van der Waals surface area contributed by atoms with Crippen molar-refractivity contribution in [3.63, 3.8) is 0 Å². The molecule has 0 radical (unpaired) electrons. The van der Waals surface area contributed by atoms with Gasteiger partial charge < -0.3 is 0 Å². The van der Waals surface area contributed by atoms with E-state index in [1.54, 1.807) is 0 Å². The highest BCUT2D eigenvalue weighted by Crippen LogP contribution is 2.24. The van der Waals surface area contributed by atoms with Crippen LogP contribution in [-0.4, -0.2) is 15.0 Å². The number of fused-ring (bicyclic) bond motifs is 3. The van der Waals surface area contributed by atoms with E-state index in [2.05, 4.69) is 37.9 Å². The highest BCUT2D eigenvalue weighted by Gasteiger charge is 2.10. The van der Waals surface area contributed by atoms with Gasteiger partial charge in [0.1, 0.15) is 5.52 Å². The topological polar surface area (TPSA) is 38.7 Å². The van der Waals surface area contributed by atoms with E-state index < -0.39 is 0 Å². The molecule has 3 nitrogen and oxygen atoms in total. The van der Waals surface area contributed by atoms with Crippen LogP contribution < -0.4 is 0 Å². The Morgan fingerprint density at radius 3 is 2.25 bits per heavy atom. The van der Waals surface area contributed by atoms with Crippen molar-refractivity contribution in [3.8, 4) is 0 Å². The first kappa shape index (κ1) is 13.0. The van der Waals surface area contributed by atoms with Crippen LogP contribution in [0.1, 0.15) is 36.5 Å². The zero-order chi connectivity index (χ0) is 14.3. The fourth-order valence-corrected chi connectivity index (χ4v) is 2.71. The zero-order valence-electron chi connectivity index (χ0n) is 12.5. The van der Waals surface area contributed by atoms with Crippen molar-refractivity contribution >= 4 is 21.9 Å². The van der Waals surface area contributed by atoms with E-state index in [-0.39, 0.29) is 0 Å². The second kappa shape index (κ2) is 4.82. The molecule has 3 rings (SSSR count). The second-order valence-corrected chi connectivity index (χ2v) is 5.22. The summed E-state index contributed by atoms with van der Waals surface area (Å²) in [5.74, 6) is 0. The third-order valence-electron chi connectivity index (χ3n) is 3.86. The molecule has 0 aliphatic heterocycles. The molecular weight excluding hydrogens is 246 g/mol. The van der Waals surface area contributed by atoms with Gasteiger partial charge in [0.15, 0.2) is 0 Å². The third kappa shape index (κ3) is 1.94. The number of aromatic nitrogens is 3. The molecular formula is C17H19N3. The second-order valence-electron chi connectivity index (χ2n) is 5.22. The molecule has 0 unspecified atom stereocenters. The largest absolute Gasteiger partial charge is 0.250 e. The number of nitrogens with zero attached hydrogens (tertiary/aromatic N) is 3. The van der Waals surface area contributed by atoms with Crippen LogP contribution >= 0.6 is 0 Å². The van der Waals surface area contributed by atoms with Gasteiger partial charge in [-0.2, -0.15) is 0 Å². The van der Waals surface area contributed by atoms with Crippen molar-refractivity contribution in [2.45, 2.75) is 40.5 Å². The Labute approximate surface area is 119 Å². The lowest BCUT2D eigenvalue weighted by Crippen LogP contribution is -2.00. The summed E-state index contributed by atoms with van der Waals surface area (Å²) in [7, 11) is 0. The van der Waals surface area contributed by atoms with Crippen LogP contribution in [0.25, 0.3) is 21.9 Å². The van der Waals surface area contributed by atoms with Gasteiger partial charge >= 0.3 is 0 Å². The van der Waals surface area contributed by atoms with Gasteiger partial charge in [-0.25, -0.2) is 9.97 Å². The van der Waals surface area contributed by atoms with Crippen LogP contribution in [0.2, 0.25) is 0 Å². The zero-order valence-corrected chi connectivity index (χ0v) is 12.5. The summed E-state index contributed by atoms with van der Waals surface area (Å²) in [5, 5.41) is 1.15. The van der Waals surface area contributed by atoms with E-state index >= 15 is 0 Å². The molecule has 1 aromatic carbocycles. The Hall–Kier alpha value is -2.03. The Morgan fingerprint density at radius 2 is 1.55 bits per heavy atom. The van der Waals surface area contributed by atoms with Crippen molar-refractivity contribution in [2.75, 3.05) is 0 Å². The Kier molecular flexibility index (Phi) is 3.13. The van der Waals surface area contributed by atoms with Gasteiger partial charge in [-0.15, -0.1) is 0 Å². The highest BCUT2D eigenvalue weighted by atomic mass is 14.8. The lowest BCUT2D eigenvalue weighted by Gasteiger charge is -2.09. The molecule has 0 amide bonds. The number of benzene rings is 1. The highest BCUT2D eigenvalue weighted by molar-refractivity contribution is 6.01. The summed E-state index contributed by atoms with van der Waals surface area (Å²) in [6.07, 6.45) is 1.84. The van der Waals surface area contributed by atoms with Crippen LogP contribution in [0.4, 0.5) is 0 Å². The summed E-state index contributed by atoms with van der Waals surface area (Å²) in [5.41, 5.74) is 7.31. The van der Waals surface area contributed by atoms with Gasteiger partial charge in [-0.3, -0.25) is 4.98 Å². The minimum atomic E-state index is 0.900. The summed E-state index contributed by atoms with van der Waals surface area (Å²) in [6.45, 7) is 8.39. The molecule has 0 spiro atoms. The smallest absolute Gasteiger partial charge is 0.115 e. The first-order valence-electron chi connectivity index (χ1n) is 7.20. The average molecular weight is 265 g/mol. The summed E-state index contributed by atoms with van der Waals surface area (Å²) >= 11 is 0. The summed E-state index contributed by atoms with van der Waals surface area (Å²) in [4.78, 5) is 14.3. The average Bonchev–Trinajstić information content (AvgIpc) is 2.45. The summed E-state index contributed by atoms with van der Waals surface area (Å²) < 4.78 is 0. The van der Waals surface area contributed by atoms with Crippen molar-refractivity contribution in [1.29, 1.82) is 0 Å². The van der Waals surface area contributed by atoms with Gasteiger partial charge in [0.2, 0.25) is 0 Å². The molecule has 20 heavy (non-hydrogen) atoms. The number of hydrogen-bond acceptors (Lipinski definition) is 3. The van der Waals surface area contributed by atoms with Crippen molar-refractivity contribution < 1.29 is 0 Å². The van der Waals surface area contributed by atoms with E-state index in [9.17, 15) is 0 Å². The first-order chi connectivity index (χ1) is 9.63. The van der Waals surface area contributed by atoms with E-state index in [0.29, 0.717) is 0 Å². The maximum atomic E-state index is 4.82. The predicted octanol–water partition coefficient (Wildman–Crippen LogP) is 3.92. The number of aryl methyl sites for hydroxylation is 4. The number of hydrogen-bond donors (Lipinski definition) is 0. The minimum absolute atomic E-state index is 0.900. The van der Waals surface area contributed by atoms with Crippen LogP contribution in [0.15, 0.2) is 18.2 Å². The molecule has 0 bridgehead atoms. The fourth-order valence-electron chi connectivity index (χ4n) is 2.71. The molecule has 2 heterocycles. The molecule has 0 fully saturated rings. The Bertz CT molecular complexity index is 738. The van der Waals surface area contributed by atoms with Crippen molar-refractivity contribution in [1.82, 2.24) is 15.0 Å². The molecule has 102 valence electrons. The molecule has 0 atom stereocenters. The first-order valence-corrected chi connectivity index (χ1v) is 7.20. The van der Waals surface area contributed by atoms with E-state index in [1.807, 2.05) is 13.0 Å². The molecule has 0 saturated heterocycles. The van der Waals surface area contributed by atoms with Crippen LogP contribution in [0.5, 0.6) is 0 Å². The van der Waals surface area contributed by atoms with Gasteiger partial charge in [-0.1, -0.05) is 19.9 Å². The Balaban J connectivity index is 2.44. The Morgan fingerprint density at radius 1 is 0.850 bits per heavy atom. The molecule has 0 aliphatic rings. The van der Waals surface area contributed by atoms with E-state index in [1.165, 1.54) is 5.56 Å². The number of rotatable bonds is 2. The van der Waals surface area contributed by atoms with Gasteiger partial charge in [0, 0.05) is 11.1 Å². The maximum absolute atomic E-state index is 4.82. The lowest BCUT2D eigenvalue weighted by atomic mass is 10.1. The lowest BCUT2D eigenvalue weighted by molar-refractivity contribution is 0.987. The quantitative estimate of drug-likeness (QED) is 0.659. The molecule has 0 N–H and O–H groups in total. The van der Waals surface area contributed by atoms with Gasteiger partial charge in [0.05, 0.1) is 22.4 Å². The monoisotopic (exact) mass is 265 g/mol. The van der Waals surface area contributed by atoms with E-state index in [4.69, 9.17) is 9.97 Å². The van der Waals surface area contributed by atoms with E-state index in [0.717, 1.165) is 51.9 Å². The third-order valence-corrected chi connectivity index (χ3v) is 3.86. The predicted molar refractivity (Wildman–Crippen MR) is 83.1 cm³/mol.